The van der Waals surface area contributed by atoms with Gasteiger partial charge in [0.2, 0.25) is 0 Å². The van der Waals surface area contributed by atoms with E-state index in [1.807, 2.05) is 0 Å². The maximum absolute atomic E-state index is 5.95. The van der Waals surface area contributed by atoms with Crippen molar-refractivity contribution < 1.29 is 0 Å². The Kier molecular flexibility index (Phi) is 3.24. The van der Waals surface area contributed by atoms with E-state index in [2.05, 4.69) is 46.9 Å². The molecule has 2 nitrogen and oxygen atoms in total. The van der Waals surface area contributed by atoms with E-state index in [1.165, 1.54) is 6.42 Å². The van der Waals surface area contributed by atoms with E-state index >= 15 is 0 Å². The predicted octanol–water partition coefficient (Wildman–Crippen LogP) is 2.53. The first kappa shape index (κ1) is 13.0. The minimum absolute atomic E-state index is 0.0176. The van der Waals surface area contributed by atoms with Crippen LogP contribution >= 0.6 is 0 Å². The van der Waals surface area contributed by atoms with E-state index in [0.717, 1.165) is 13.0 Å². The van der Waals surface area contributed by atoms with E-state index in [-0.39, 0.29) is 5.54 Å². The molecule has 0 aromatic heterocycles. The van der Waals surface area contributed by atoms with E-state index < -0.39 is 0 Å². The highest BCUT2D eigenvalue weighted by atomic mass is 15.0. The van der Waals surface area contributed by atoms with Gasteiger partial charge < -0.3 is 11.1 Å². The van der Waals surface area contributed by atoms with Gasteiger partial charge in [-0.25, -0.2) is 0 Å². The van der Waals surface area contributed by atoms with Gasteiger partial charge >= 0.3 is 0 Å². The molecular formula is C13H28N2. The Morgan fingerprint density at radius 2 is 1.60 bits per heavy atom. The van der Waals surface area contributed by atoms with Gasteiger partial charge in [0, 0.05) is 11.6 Å². The number of nitrogens with two attached hydrogens (primary N) is 1. The molecule has 0 heterocycles. The summed E-state index contributed by atoms with van der Waals surface area (Å²) in [5, 5.41) is 3.65. The first-order valence-corrected chi connectivity index (χ1v) is 6.11. The van der Waals surface area contributed by atoms with E-state index in [9.17, 15) is 0 Å². The fraction of sp³-hybridized carbons (Fsp3) is 1.00. The van der Waals surface area contributed by atoms with Crippen molar-refractivity contribution in [3.63, 3.8) is 0 Å². The number of hydrogen-bond acceptors (Lipinski definition) is 2. The highest BCUT2D eigenvalue weighted by Gasteiger charge is 2.64. The van der Waals surface area contributed by atoms with Crippen molar-refractivity contribution >= 4 is 0 Å². The smallest absolute Gasteiger partial charge is 0.0181 e. The quantitative estimate of drug-likeness (QED) is 0.687. The average molecular weight is 212 g/mol. The minimum atomic E-state index is -0.0176. The maximum Gasteiger partial charge on any atom is 0.0181 e. The Morgan fingerprint density at radius 3 is 1.93 bits per heavy atom. The van der Waals surface area contributed by atoms with Crippen LogP contribution in [0.25, 0.3) is 0 Å². The highest BCUT2D eigenvalue weighted by molar-refractivity contribution is 5.17. The van der Waals surface area contributed by atoms with Gasteiger partial charge in [0.25, 0.3) is 0 Å². The van der Waals surface area contributed by atoms with Crippen molar-refractivity contribution in [2.45, 2.75) is 66.0 Å². The molecule has 0 saturated heterocycles. The molecule has 1 fully saturated rings. The van der Waals surface area contributed by atoms with Crippen LogP contribution in [-0.4, -0.2) is 18.1 Å². The molecule has 0 bridgehead atoms. The topological polar surface area (TPSA) is 38.0 Å². The Hall–Kier alpha value is -0.0800. The molecule has 15 heavy (non-hydrogen) atoms. The maximum atomic E-state index is 5.95. The Bertz CT molecular complexity index is 209. The lowest BCUT2D eigenvalue weighted by Gasteiger charge is -2.18. The van der Waals surface area contributed by atoms with Crippen molar-refractivity contribution in [1.29, 1.82) is 0 Å². The molecule has 0 unspecified atom stereocenters. The molecule has 90 valence electrons. The molecule has 0 amide bonds. The van der Waals surface area contributed by atoms with Crippen LogP contribution in [-0.2, 0) is 0 Å². The van der Waals surface area contributed by atoms with Gasteiger partial charge in [-0.2, -0.15) is 0 Å². The third-order valence-electron chi connectivity index (χ3n) is 4.37. The fourth-order valence-corrected chi connectivity index (χ4v) is 2.50. The van der Waals surface area contributed by atoms with Crippen LogP contribution in [0.2, 0.25) is 0 Å². The highest BCUT2D eigenvalue weighted by Crippen LogP contribution is 2.62. The summed E-state index contributed by atoms with van der Waals surface area (Å²) in [5.74, 6) is 0. The van der Waals surface area contributed by atoms with Gasteiger partial charge in [0.05, 0.1) is 0 Å². The monoisotopic (exact) mass is 212 g/mol. The molecular weight excluding hydrogens is 184 g/mol. The third-order valence-corrected chi connectivity index (χ3v) is 4.37. The largest absolute Gasteiger partial charge is 0.326 e. The molecule has 0 aromatic rings. The number of nitrogens with one attached hydrogen (secondary N) is 1. The SMILES string of the molecule is CC(C)(N)CCCNC1C(C)(C)C1(C)C. The van der Waals surface area contributed by atoms with Crippen molar-refractivity contribution in [2.24, 2.45) is 16.6 Å². The van der Waals surface area contributed by atoms with Crippen molar-refractivity contribution in [1.82, 2.24) is 5.32 Å². The summed E-state index contributed by atoms with van der Waals surface area (Å²) in [6.07, 6.45) is 2.26. The summed E-state index contributed by atoms with van der Waals surface area (Å²) in [4.78, 5) is 0. The second-order valence-corrected chi connectivity index (χ2v) is 6.92. The van der Waals surface area contributed by atoms with E-state index in [4.69, 9.17) is 5.73 Å². The van der Waals surface area contributed by atoms with Crippen LogP contribution in [0, 0.1) is 10.8 Å². The Morgan fingerprint density at radius 1 is 1.13 bits per heavy atom. The molecule has 1 aliphatic rings. The zero-order valence-corrected chi connectivity index (χ0v) is 11.3. The Labute approximate surface area is 95.0 Å². The average Bonchev–Trinajstić information content (AvgIpc) is 2.36. The predicted molar refractivity (Wildman–Crippen MR) is 66.9 cm³/mol. The molecule has 1 aliphatic carbocycles. The molecule has 0 radical (unpaired) electrons. The number of rotatable bonds is 5. The lowest BCUT2D eigenvalue weighted by atomic mass is 10.0. The van der Waals surface area contributed by atoms with Crippen LogP contribution in [0.5, 0.6) is 0 Å². The van der Waals surface area contributed by atoms with Gasteiger partial charge in [-0.05, 0) is 44.1 Å². The molecule has 1 saturated carbocycles. The molecule has 0 aliphatic heterocycles. The van der Waals surface area contributed by atoms with Crippen molar-refractivity contribution in [2.75, 3.05) is 6.54 Å². The molecule has 2 heteroatoms. The second kappa shape index (κ2) is 3.74. The van der Waals surface area contributed by atoms with Gasteiger partial charge in [0.1, 0.15) is 0 Å². The fourth-order valence-electron chi connectivity index (χ4n) is 2.50. The number of hydrogen-bond donors (Lipinski definition) is 2. The first-order valence-electron chi connectivity index (χ1n) is 6.11. The second-order valence-electron chi connectivity index (χ2n) is 6.92. The molecule has 1 rings (SSSR count). The standard InChI is InChI=1S/C13H28N2/c1-11(2,14)8-7-9-15-10-12(3,4)13(10,5)6/h10,15H,7-9,14H2,1-6H3. The van der Waals surface area contributed by atoms with Gasteiger partial charge in [-0.1, -0.05) is 27.7 Å². The summed E-state index contributed by atoms with van der Waals surface area (Å²) in [6, 6.07) is 0.672. The van der Waals surface area contributed by atoms with Crippen LogP contribution in [0.1, 0.15) is 54.4 Å². The van der Waals surface area contributed by atoms with Crippen LogP contribution < -0.4 is 11.1 Å². The minimum Gasteiger partial charge on any atom is -0.326 e. The molecule has 0 spiro atoms. The van der Waals surface area contributed by atoms with Gasteiger partial charge in [-0.15, -0.1) is 0 Å². The lowest BCUT2D eigenvalue weighted by Crippen LogP contribution is -2.33. The summed E-state index contributed by atoms with van der Waals surface area (Å²) >= 11 is 0. The summed E-state index contributed by atoms with van der Waals surface area (Å²) in [5.41, 5.74) is 6.83. The summed E-state index contributed by atoms with van der Waals surface area (Å²) in [6.45, 7) is 14.7. The van der Waals surface area contributed by atoms with Crippen LogP contribution in [0.4, 0.5) is 0 Å². The summed E-state index contributed by atoms with van der Waals surface area (Å²) in [7, 11) is 0. The zero-order valence-electron chi connectivity index (χ0n) is 11.3. The molecule has 0 aromatic carbocycles. The van der Waals surface area contributed by atoms with Gasteiger partial charge in [0.15, 0.2) is 0 Å². The van der Waals surface area contributed by atoms with E-state index in [1.54, 1.807) is 0 Å². The first-order chi connectivity index (χ1) is 6.59. The van der Waals surface area contributed by atoms with Crippen LogP contribution in [0.15, 0.2) is 0 Å². The summed E-state index contributed by atoms with van der Waals surface area (Å²) < 4.78 is 0. The molecule has 0 atom stereocenters. The Balaban J connectivity index is 2.19. The normalized spacial score (nSPS) is 24.2. The zero-order chi connectivity index (χ0) is 11.9. The van der Waals surface area contributed by atoms with Crippen molar-refractivity contribution in [3.05, 3.63) is 0 Å². The van der Waals surface area contributed by atoms with Crippen LogP contribution in [0.3, 0.4) is 0 Å². The van der Waals surface area contributed by atoms with Gasteiger partial charge in [-0.3, -0.25) is 0 Å². The third kappa shape index (κ3) is 2.73. The van der Waals surface area contributed by atoms with E-state index in [0.29, 0.717) is 16.9 Å². The lowest BCUT2D eigenvalue weighted by molar-refractivity contribution is 0.439. The molecule has 3 N–H and O–H groups in total. The van der Waals surface area contributed by atoms with Crippen molar-refractivity contribution in [3.8, 4) is 0 Å².